The first-order valence-corrected chi connectivity index (χ1v) is 9.42. The highest BCUT2D eigenvalue weighted by Crippen LogP contribution is 2.20. The van der Waals surface area contributed by atoms with Crippen LogP contribution in [0.1, 0.15) is 28.5 Å². The fourth-order valence-electron chi connectivity index (χ4n) is 2.94. The number of rotatable bonds is 5. The first-order chi connectivity index (χ1) is 13.8. The van der Waals surface area contributed by atoms with Gasteiger partial charge >= 0.3 is 5.97 Å². The number of benzene rings is 2. The van der Waals surface area contributed by atoms with Crippen LogP contribution in [0.5, 0.6) is 0 Å². The van der Waals surface area contributed by atoms with Crippen LogP contribution < -0.4 is 10.9 Å². The number of halogens is 1. The van der Waals surface area contributed by atoms with Crippen LogP contribution >= 0.6 is 11.6 Å². The molecule has 29 heavy (non-hydrogen) atoms. The van der Waals surface area contributed by atoms with Crippen molar-refractivity contribution in [3.8, 4) is 0 Å². The van der Waals surface area contributed by atoms with Gasteiger partial charge in [0, 0.05) is 17.3 Å². The SMILES string of the molecule is CCn1c(=O)c(C)nc2cc(C(=O)OCC(=O)Nc3cc(Cl)ccc3C)ccc21. The van der Waals surface area contributed by atoms with Crippen LogP contribution in [0.15, 0.2) is 41.2 Å². The molecular weight excluding hydrogens is 394 g/mol. The monoisotopic (exact) mass is 413 g/mol. The fourth-order valence-corrected chi connectivity index (χ4v) is 3.12. The van der Waals surface area contributed by atoms with Gasteiger partial charge in [-0.25, -0.2) is 9.78 Å². The van der Waals surface area contributed by atoms with E-state index in [9.17, 15) is 14.4 Å². The van der Waals surface area contributed by atoms with Gasteiger partial charge in [-0.1, -0.05) is 17.7 Å². The van der Waals surface area contributed by atoms with E-state index in [1.807, 2.05) is 13.8 Å². The number of hydrogen-bond acceptors (Lipinski definition) is 5. The van der Waals surface area contributed by atoms with E-state index in [1.165, 1.54) is 0 Å². The summed E-state index contributed by atoms with van der Waals surface area (Å²) in [5.41, 5.74) is 2.97. The first-order valence-electron chi connectivity index (χ1n) is 9.04. The van der Waals surface area contributed by atoms with Crippen molar-refractivity contribution in [2.75, 3.05) is 11.9 Å². The number of nitrogens with one attached hydrogen (secondary N) is 1. The van der Waals surface area contributed by atoms with Crippen molar-refractivity contribution in [2.24, 2.45) is 0 Å². The summed E-state index contributed by atoms with van der Waals surface area (Å²) < 4.78 is 6.70. The number of anilines is 1. The molecule has 0 fully saturated rings. The number of carbonyl (C=O) groups is 2. The van der Waals surface area contributed by atoms with Gasteiger partial charge in [-0.2, -0.15) is 0 Å². The van der Waals surface area contributed by atoms with E-state index in [-0.39, 0.29) is 11.1 Å². The molecule has 2 aromatic carbocycles. The molecule has 3 aromatic rings. The molecule has 0 radical (unpaired) electrons. The molecule has 1 N–H and O–H groups in total. The van der Waals surface area contributed by atoms with Crippen molar-refractivity contribution in [1.29, 1.82) is 0 Å². The van der Waals surface area contributed by atoms with E-state index >= 15 is 0 Å². The number of esters is 1. The van der Waals surface area contributed by atoms with Crippen LogP contribution in [0.2, 0.25) is 5.02 Å². The van der Waals surface area contributed by atoms with Gasteiger partial charge < -0.3 is 14.6 Å². The molecule has 0 saturated carbocycles. The highest BCUT2D eigenvalue weighted by Gasteiger charge is 2.14. The number of aromatic nitrogens is 2. The minimum Gasteiger partial charge on any atom is -0.452 e. The van der Waals surface area contributed by atoms with E-state index in [0.717, 1.165) is 5.56 Å². The number of nitrogens with zero attached hydrogens (tertiary/aromatic N) is 2. The standard InChI is InChI=1S/C21H20ClN3O4/c1-4-25-18-8-6-14(9-17(18)23-13(3)20(25)27)21(28)29-11-19(26)24-16-10-15(22)7-5-12(16)2/h5-10H,4,11H2,1-3H3,(H,24,26). The van der Waals surface area contributed by atoms with Gasteiger partial charge in [0.1, 0.15) is 5.69 Å². The topological polar surface area (TPSA) is 90.3 Å². The van der Waals surface area contributed by atoms with E-state index in [0.29, 0.717) is 34.0 Å². The molecule has 1 amide bonds. The van der Waals surface area contributed by atoms with Crippen molar-refractivity contribution in [3.63, 3.8) is 0 Å². The third-order valence-corrected chi connectivity index (χ3v) is 4.70. The van der Waals surface area contributed by atoms with Crippen LogP contribution in [0, 0.1) is 13.8 Å². The summed E-state index contributed by atoms with van der Waals surface area (Å²) in [6.45, 7) is 5.37. The third kappa shape index (κ3) is 4.46. The molecule has 8 heteroatoms. The van der Waals surface area contributed by atoms with Crippen LogP contribution in [-0.4, -0.2) is 28.0 Å². The Balaban J connectivity index is 1.73. The molecule has 3 rings (SSSR count). The van der Waals surface area contributed by atoms with E-state index in [4.69, 9.17) is 16.3 Å². The predicted molar refractivity (Wildman–Crippen MR) is 112 cm³/mol. The van der Waals surface area contributed by atoms with Gasteiger partial charge in [0.25, 0.3) is 11.5 Å². The van der Waals surface area contributed by atoms with Crippen LogP contribution in [0.25, 0.3) is 11.0 Å². The van der Waals surface area contributed by atoms with Crippen LogP contribution in [0.3, 0.4) is 0 Å². The zero-order chi connectivity index (χ0) is 21.1. The fraction of sp³-hybridized carbons (Fsp3) is 0.238. The summed E-state index contributed by atoms with van der Waals surface area (Å²) in [5.74, 6) is -1.13. The number of fused-ring (bicyclic) bond motifs is 1. The Morgan fingerprint density at radius 2 is 1.93 bits per heavy atom. The average Bonchev–Trinajstić information content (AvgIpc) is 2.69. The van der Waals surface area contributed by atoms with Gasteiger partial charge in [-0.15, -0.1) is 0 Å². The van der Waals surface area contributed by atoms with E-state index in [2.05, 4.69) is 10.3 Å². The Bertz CT molecular complexity index is 1170. The van der Waals surface area contributed by atoms with Crippen LogP contribution in [0.4, 0.5) is 5.69 Å². The highest BCUT2D eigenvalue weighted by molar-refractivity contribution is 6.31. The first kappa shape index (κ1) is 20.5. The molecule has 0 unspecified atom stereocenters. The Kier molecular flexibility index (Phi) is 5.98. The second-order valence-electron chi connectivity index (χ2n) is 6.53. The molecular formula is C21H20ClN3O4. The molecule has 0 saturated heterocycles. The minimum absolute atomic E-state index is 0.164. The Morgan fingerprint density at radius 1 is 1.17 bits per heavy atom. The maximum absolute atomic E-state index is 12.4. The summed E-state index contributed by atoms with van der Waals surface area (Å²) in [5, 5.41) is 3.16. The van der Waals surface area contributed by atoms with Crippen molar-refractivity contribution in [1.82, 2.24) is 9.55 Å². The smallest absolute Gasteiger partial charge is 0.338 e. The lowest BCUT2D eigenvalue weighted by Crippen LogP contribution is -2.23. The highest BCUT2D eigenvalue weighted by atomic mass is 35.5. The molecule has 0 aliphatic rings. The van der Waals surface area contributed by atoms with Crippen LogP contribution in [-0.2, 0) is 16.1 Å². The second-order valence-corrected chi connectivity index (χ2v) is 6.97. The van der Waals surface area contributed by atoms with Gasteiger partial charge in [-0.3, -0.25) is 9.59 Å². The van der Waals surface area contributed by atoms with Crippen molar-refractivity contribution in [2.45, 2.75) is 27.3 Å². The van der Waals surface area contributed by atoms with Gasteiger partial charge in [0.2, 0.25) is 0 Å². The summed E-state index contributed by atoms with van der Waals surface area (Å²) in [6.07, 6.45) is 0. The maximum Gasteiger partial charge on any atom is 0.338 e. The zero-order valence-corrected chi connectivity index (χ0v) is 17.0. The largest absolute Gasteiger partial charge is 0.452 e. The summed E-state index contributed by atoms with van der Waals surface area (Å²) in [6, 6.07) is 9.88. The van der Waals surface area contributed by atoms with E-state index < -0.39 is 18.5 Å². The Hall–Kier alpha value is -3.19. The number of carbonyl (C=O) groups excluding carboxylic acids is 2. The second kappa shape index (κ2) is 8.45. The Morgan fingerprint density at radius 3 is 2.66 bits per heavy atom. The molecule has 1 heterocycles. The molecule has 0 aliphatic heterocycles. The van der Waals surface area contributed by atoms with Gasteiger partial charge in [-0.05, 0) is 56.7 Å². The zero-order valence-electron chi connectivity index (χ0n) is 16.3. The normalized spacial score (nSPS) is 10.8. The Labute approximate surface area is 172 Å². The summed E-state index contributed by atoms with van der Waals surface area (Å²) in [4.78, 5) is 40.9. The molecule has 0 spiro atoms. The number of ether oxygens (including phenoxy) is 1. The maximum atomic E-state index is 12.4. The molecule has 0 atom stereocenters. The van der Waals surface area contributed by atoms with Crippen molar-refractivity contribution < 1.29 is 14.3 Å². The molecule has 0 bridgehead atoms. The summed E-state index contributed by atoms with van der Waals surface area (Å²) in [7, 11) is 0. The summed E-state index contributed by atoms with van der Waals surface area (Å²) >= 11 is 5.93. The van der Waals surface area contributed by atoms with Gasteiger partial charge in [0.05, 0.1) is 16.6 Å². The van der Waals surface area contributed by atoms with Gasteiger partial charge in [0.15, 0.2) is 6.61 Å². The lowest BCUT2D eigenvalue weighted by atomic mass is 10.2. The lowest BCUT2D eigenvalue weighted by molar-refractivity contribution is -0.119. The van der Waals surface area contributed by atoms with Crippen molar-refractivity contribution in [3.05, 3.63) is 68.6 Å². The third-order valence-electron chi connectivity index (χ3n) is 4.47. The number of aryl methyl sites for hydroxylation is 3. The van der Waals surface area contributed by atoms with E-state index in [1.54, 1.807) is 47.9 Å². The molecule has 0 aliphatic carbocycles. The average molecular weight is 414 g/mol. The lowest BCUT2D eigenvalue weighted by Gasteiger charge is -2.11. The predicted octanol–water partition coefficient (Wildman–Crippen LogP) is 3.48. The molecule has 7 nitrogen and oxygen atoms in total. The van der Waals surface area contributed by atoms with Crippen molar-refractivity contribution >= 4 is 40.2 Å². The minimum atomic E-state index is -0.654. The number of amides is 1. The number of hydrogen-bond donors (Lipinski definition) is 1. The molecule has 1 aromatic heterocycles. The molecule has 150 valence electrons. The quantitative estimate of drug-likeness (QED) is 0.646.